The molecule has 2 fully saturated rings. The fraction of sp³-hybridized carbons (Fsp3) is 0.500. The minimum atomic E-state index is -0.412. The first-order valence-corrected chi connectivity index (χ1v) is 8.41. The zero-order valence-corrected chi connectivity index (χ0v) is 13.7. The molecule has 1 saturated heterocycles. The molecule has 1 aliphatic heterocycles. The maximum atomic E-state index is 14.4. The van der Waals surface area contributed by atoms with Gasteiger partial charge in [-0.3, -0.25) is 4.90 Å². The molecule has 1 heterocycles. The molecule has 0 bridgehead atoms. The van der Waals surface area contributed by atoms with E-state index in [1.807, 2.05) is 19.1 Å². The van der Waals surface area contributed by atoms with Gasteiger partial charge in [0.05, 0.1) is 6.04 Å². The number of carbonyl (C=O) groups excluding carboxylic acids is 1. The molecule has 2 aliphatic rings. The molecule has 2 unspecified atom stereocenters. The third-order valence-corrected chi connectivity index (χ3v) is 5.64. The van der Waals surface area contributed by atoms with E-state index in [9.17, 15) is 9.18 Å². The highest BCUT2D eigenvalue weighted by atomic mass is 32.1. The molecule has 0 radical (unpaired) electrons. The lowest BCUT2D eigenvalue weighted by atomic mass is 9.87. The number of rotatable bonds is 4. The third kappa shape index (κ3) is 2.74. The molecular formula is C18H22FNOS. The third-order valence-electron chi connectivity index (χ3n) is 5.05. The van der Waals surface area contributed by atoms with E-state index in [4.69, 9.17) is 0 Å². The topological polar surface area (TPSA) is 20.3 Å². The lowest BCUT2D eigenvalue weighted by Crippen LogP contribution is -2.43. The monoisotopic (exact) mass is 319 g/mol. The maximum absolute atomic E-state index is 14.4. The van der Waals surface area contributed by atoms with Crippen LogP contribution < -0.4 is 0 Å². The standard InChI is InChI=1S/C18H22FNOS/c1-2-13-11-20(10-7-16(13)22)17(18(12-21)8-9-18)14-5-3-4-6-15(14)19/h2-6,12,16-17,22H,7-11H2,1H3. The van der Waals surface area contributed by atoms with Crippen LogP contribution in [0.15, 0.2) is 35.9 Å². The molecule has 1 saturated carbocycles. The normalized spacial score (nSPS) is 27.6. The Morgan fingerprint density at radius 1 is 1.41 bits per heavy atom. The second-order valence-electron chi connectivity index (χ2n) is 6.41. The van der Waals surface area contributed by atoms with E-state index in [2.05, 4.69) is 23.6 Å². The number of halogens is 1. The Morgan fingerprint density at radius 2 is 2.14 bits per heavy atom. The van der Waals surface area contributed by atoms with Gasteiger partial charge >= 0.3 is 0 Å². The summed E-state index contributed by atoms with van der Waals surface area (Å²) < 4.78 is 14.4. The SMILES string of the molecule is CC=C1CN(C(c2ccccc2F)C2(C=O)CC2)CCC1S. The molecule has 1 aliphatic carbocycles. The largest absolute Gasteiger partial charge is 0.303 e. The summed E-state index contributed by atoms with van der Waals surface area (Å²) in [6.45, 7) is 3.63. The van der Waals surface area contributed by atoms with Crippen molar-refractivity contribution in [1.82, 2.24) is 4.90 Å². The molecule has 0 spiro atoms. The predicted octanol–water partition coefficient (Wildman–Crippen LogP) is 3.80. The van der Waals surface area contributed by atoms with E-state index in [-0.39, 0.29) is 17.1 Å². The van der Waals surface area contributed by atoms with Gasteiger partial charge in [-0.15, -0.1) is 0 Å². The van der Waals surface area contributed by atoms with Gasteiger partial charge in [-0.05, 0) is 37.8 Å². The van der Waals surface area contributed by atoms with Crippen LogP contribution in [-0.2, 0) is 4.79 Å². The molecule has 3 rings (SSSR count). The van der Waals surface area contributed by atoms with E-state index in [0.717, 1.165) is 38.6 Å². The molecule has 2 atom stereocenters. The average Bonchev–Trinajstić information content (AvgIpc) is 3.32. The van der Waals surface area contributed by atoms with Crippen molar-refractivity contribution in [2.24, 2.45) is 5.41 Å². The minimum absolute atomic E-state index is 0.165. The Kier molecular flexibility index (Phi) is 4.42. The first kappa shape index (κ1) is 15.8. The summed E-state index contributed by atoms with van der Waals surface area (Å²) in [6.07, 6.45) is 5.78. The van der Waals surface area contributed by atoms with Crippen molar-refractivity contribution in [2.75, 3.05) is 13.1 Å². The van der Waals surface area contributed by atoms with E-state index >= 15 is 0 Å². The van der Waals surface area contributed by atoms with Crippen LogP contribution in [0.1, 0.15) is 37.8 Å². The molecule has 0 amide bonds. The van der Waals surface area contributed by atoms with Crippen molar-refractivity contribution in [3.8, 4) is 0 Å². The fourth-order valence-electron chi connectivity index (χ4n) is 3.56. The molecule has 0 N–H and O–H groups in total. The summed E-state index contributed by atoms with van der Waals surface area (Å²) in [5, 5.41) is 0.272. The quantitative estimate of drug-likeness (QED) is 0.517. The van der Waals surface area contributed by atoms with Gasteiger partial charge in [0.1, 0.15) is 12.1 Å². The Hall–Kier alpha value is -1.13. The van der Waals surface area contributed by atoms with Crippen molar-refractivity contribution < 1.29 is 9.18 Å². The highest BCUT2D eigenvalue weighted by molar-refractivity contribution is 7.81. The maximum Gasteiger partial charge on any atom is 0.128 e. The van der Waals surface area contributed by atoms with Gasteiger partial charge in [-0.25, -0.2) is 4.39 Å². The summed E-state index contributed by atoms with van der Waals surface area (Å²) in [6, 6.07) is 6.71. The molecule has 118 valence electrons. The highest BCUT2D eigenvalue weighted by Crippen LogP contribution is 2.56. The average molecular weight is 319 g/mol. The number of nitrogens with zero attached hydrogens (tertiary/aromatic N) is 1. The van der Waals surface area contributed by atoms with E-state index < -0.39 is 5.41 Å². The summed E-state index contributed by atoms with van der Waals surface area (Å²) >= 11 is 4.63. The molecule has 4 heteroatoms. The summed E-state index contributed by atoms with van der Waals surface area (Å²) in [4.78, 5) is 14.0. The molecule has 22 heavy (non-hydrogen) atoms. The van der Waals surface area contributed by atoms with E-state index in [0.29, 0.717) is 5.56 Å². The lowest BCUT2D eigenvalue weighted by molar-refractivity contribution is -0.114. The molecule has 2 nitrogen and oxygen atoms in total. The number of hydrogen-bond donors (Lipinski definition) is 1. The molecule has 0 aromatic heterocycles. The van der Waals surface area contributed by atoms with Crippen LogP contribution >= 0.6 is 12.6 Å². The van der Waals surface area contributed by atoms with Crippen LogP contribution in [0.4, 0.5) is 4.39 Å². The van der Waals surface area contributed by atoms with Crippen LogP contribution in [0.5, 0.6) is 0 Å². The van der Waals surface area contributed by atoms with Crippen LogP contribution in [0.2, 0.25) is 0 Å². The number of thiol groups is 1. The fourth-order valence-corrected chi connectivity index (χ4v) is 3.91. The first-order valence-electron chi connectivity index (χ1n) is 7.89. The van der Waals surface area contributed by atoms with Gasteiger partial charge in [0.15, 0.2) is 0 Å². The molecule has 1 aromatic carbocycles. The van der Waals surface area contributed by atoms with Crippen LogP contribution in [-0.4, -0.2) is 29.5 Å². The Balaban J connectivity index is 1.97. The number of piperidine rings is 1. The molecule has 1 aromatic rings. The zero-order valence-electron chi connectivity index (χ0n) is 12.8. The molecular weight excluding hydrogens is 297 g/mol. The van der Waals surface area contributed by atoms with Crippen molar-refractivity contribution in [3.63, 3.8) is 0 Å². The summed E-state index contributed by atoms with van der Waals surface area (Å²) in [7, 11) is 0. The number of aldehydes is 1. The van der Waals surface area contributed by atoms with Crippen molar-refractivity contribution in [2.45, 2.75) is 37.5 Å². The van der Waals surface area contributed by atoms with Crippen molar-refractivity contribution in [1.29, 1.82) is 0 Å². The number of likely N-dealkylation sites (tertiary alicyclic amines) is 1. The predicted molar refractivity (Wildman–Crippen MR) is 89.6 cm³/mol. The second-order valence-corrected chi connectivity index (χ2v) is 7.04. The van der Waals surface area contributed by atoms with Crippen molar-refractivity contribution in [3.05, 3.63) is 47.3 Å². The lowest BCUT2D eigenvalue weighted by Gasteiger charge is -2.40. The second kappa shape index (κ2) is 6.17. The summed E-state index contributed by atoms with van der Waals surface area (Å²) in [5.41, 5.74) is 1.50. The van der Waals surface area contributed by atoms with Gasteiger partial charge in [0.25, 0.3) is 0 Å². The Labute approximate surface area is 136 Å². The van der Waals surface area contributed by atoms with Gasteiger partial charge in [0.2, 0.25) is 0 Å². The van der Waals surface area contributed by atoms with E-state index in [1.54, 1.807) is 6.07 Å². The van der Waals surface area contributed by atoms with Gasteiger partial charge < -0.3 is 4.79 Å². The van der Waals surface area contributed by atoms with Gasteiger partial charge in [-0.1, -0.05) is 24.3 Å². The van der Waals surface area contributed by atoms with Crippen LogP contribution in [0.25, 0.3) is 0 Å². The Bertz CT molecular complexity index is 597. The zero-order chi connectivity index (χ0) is 15.7. The highest BCUT2D eigenvalue weighted by Gasteiger charge is 2.53. The van der Waals surface area contributed by atoms with Crippen LogP contribution in [0, 0.1) is 11.2 Å². The number of allylic oxidation sites excluding steroid dienone is 1. The van der Waals surface area contributed by atoms with Gasteiger partial charge in [0, 0.05) is 29.3 Å². The van der Waals surface area contributed by atoms with Gasteiger partial charge in [-0.2, -0.15) is 12.6 Å². The van der Waals surface area contributed by atoms with Crippen molar-refractivity contribution >= 4 is 18.9 Å². The number of benzene rings is 1. The minimum Gasteiger partial charge on any atom is -0.303 e. The smallest absolute Gasteiger partial charge is 0.128 e. The van der Waals surface area contributed by atoms with Crippen LogP contribution in [0.3, 0.4) is 0 Å². The number of carbonyl (C=O) groups is 1. The Morgan fingerprint density at radius 3 is 2.73 bits per heavy atom. The first-order chi connectivity index (χ1) is 10.6. The van der Waals surface area contributed by atoms with E-state index in [1.165, 1.54) is 11.6 Å². The number of hydrogen-bond acceptors (Lipinski definition) is 3. The summed E-state index contributed by atoms with van der Waals surface area (Å²) in [5.74, 6) is -0.212.